The van der Waals surface area contributed by atoms with Gasteiger partial charge in [-0.3, -0.25) is 9.59 Å². The van der Waals surface area contributed by atoms with E-state index in [1.807, 2.05) is 0 Å². The normalized spacial score (nSPS) is 10.5. The fourth-order valence-electron chi connectivity index (χ4n) is 2.59. The first-order valence-corrected chi connectivity index (χ1v) is 7.69. The van der Waals surface area contributed by atoms with E-state index in [0.717, 1.165) is 0 Å². The van der Waals surface area contributed by atoms with Crippen LogP contribution in [-0.2, 0) is 0 Å². The third kappa shape index (κ3) is 3.28. The summed E-state index contributed by atoms with van der Waals surface area (Å²) in [7, 11) is 0. The van der Waals surface area contributed by atoms with E-state index in [2.05, 4.69) is 10.3 Å². The van der Waals surface area contributed by atoms with Crippen molar-refractivity contribution in [1.29, 1.82) is 0 Å². The zero-order valence-corrected chi connectivity index (χ0v) is 13.9. The SMILES string of the molecule is Cc1nc(-c2ccco2)ccc1C(=O)Nc1cccc(C(N)=O)c1C. The zero-order chi connectivity index (χ0) is 18.0. The molecule has 3 aromatic rings. The number of furan rings is 1. The molecule has 6 heteroatoms. The van der Waals surface area contributed by atoms with Crippen LogP contribution in [0.25, 0.3) is 11.5 Å². The van der Waals surface area contributed by atoms with Crippen molar-refractivity contribution >= 4 is 17.5 Å². The van der Waals surface area contributed by atoms with Crippen LogP contribution in [-0.4, -0.2) is 16.8 Å². The van der Waals surface area contributed by atoms with Crippen LogP contribution >= 0.6 is 0 Å². The van der Waals surface area contributed by atoms with E-state index in [-0.39, 0.29) is 5.91 Å². The second-order valence-electron chi connectivity index (χ2n) is 5.60. The number of nitrogens with one attached hydrogen (secondary N) is 1. The number of hydrogen-bond acceptors (Lipinski definition) is 4. The smallest absolute Gasteiger partial charge is 0.257 e. The minimum Gasteiger partial charge on any atom is -0.463 e. The van der Waals surface area contributed by atoms with Gasteiger partial charge in [0.2, 0.25) is 5.91 Å². The lowest BCUT2D eigenvalue weighted by Gasteiger charge is -2.12. The monoisotopic (exact) mass is 335 g/mol. The number of nitrogens with two attached hydrogens (primary N) is 1. The molecule has 6 nitrogen and oxygen atoms in total. The van der Waals surface area contributed by atoms with Crippen molar-refractivity contribution in [1.82, 2.24) is 4.98 Å². The molecular formula is C19H17N3O3. The van der Waals surface area contributed by atoms with Crippen molar-refractivity contribution in [2.75, 3.05) is 5.32 Å². The summed E-state index contributed by atoms with van der Waals surface area (Å²) in [6.07, 6.45) is 1.57. The maximum Gasteiger partial charge on any atom is 0.257 e. The lowest BCUT2D eigenvalue weighted by molar-refractivity contribution is 0.0995. The van der Waals surface area contributed by atoms with Crippen molar-refractivity contribution in [2.45, 2.75) is 13.8 Å². The number of carbonyl (C=O) groups is 2. The standard InChI is InChI=1S/C19H17N3O3/c1-11-13(18(20)23)5-3-6-15(11)22-19(24)14-8-9-16(21-12(14)2)17-7-4-10-25-17/h3-10H,1-2H3,(H2,20,23)(H,22,24). The number of aryl methyl sites for hydroxylation is 1. The molecule has 2 aromatic heterocycles. The van der Waals surface area contributed by atoms with Gasteiger partial charge in [-0.1, -0.05) is 6.07 Å². The highest BCUT2D eigenvalue weighted by atomic mass is 16.3. The Morgan fingerprint density at radius 1 is 1.04 bits per heavy atom. The molecule has 1 aromatic carbocycles. The molecule has 3 N–H and O–H groups in total. The number of rotatable bonds is 4. The van der Waals surface area contributed by atoms with E-state index >= 15 is 0 Å². The quantitative estimate of drug-likeness (QED) is 0.764. The summed E-state index contributed by atoms with van der Waals surface area (Å²) in [6.45, 7) is 3.49. The molecule has 0 bridgehead atoms. The van der Waals surface area contributed by atoms with Gasteiger partial charge < -0.3 is 15.5 Å². The summed E-state index contributed by atoms with van der Waals surface area (Å²) >= 11 is 0. The summed E-state index contributed by atoms with van der Waals surface area (Å²) in [5.41, 5.74) is 8.56. The number of nitrogens with zero attached hydrogens (tertiary/aromatic N) is 1. The van der Waals surface area contributed by atoms with Crippen LogP contribution in [0.15, 0.2) is 53.1 Å². The first-order chi connectivity index (χ1) is 12.0. The van der Waals surface area contributed by atoms with Gasteiger partial charge in [0, 0.05) is 11.3 Å². The van der Waals surface area contributed by atoms with Crippen LogP contribution in [0.1, 0.15) is 32.0 Å². The van der Waals surface area contributed by atoms with E-state index in [9.17, 15) is 9.59 Å². The minimum absolute atomic E-state index is 0.305. The Balaban J connectivity index is 1.87. The zero-order valence-electron chi connectivity index (χ0n) is 13.9. The highest BCUT2D eigenvalue weighted by Gasteiger charge is 2.15. The second-order valence-corrected chi connectivity index (χ2v) is 5.60. The third-order valence-electron chi connectivity index (χ3n) is 3.95. The molecule has 0 fully saturated rings. The van der Waals surface area contributed by atoms with Crippen LogP contribution in [0.4, 0.5) is 5.69 Å². The summed E-state index contributed by atoms with van der Waals surface area (Å²) < 4.78 is 5.32. The van der Waals surface area contributed by atoms with Crippen LogP contribution in [0.2, 0.25) is 0 Å². The van der Waals surface area contributed by atoms with Crippen LogP contribution in [0, 0.1) is 13.8 Å². The van der Waals surface area contributed by atoms with Crippen LogP contribution in [0.3, 0.4) is 0 Å². The fourth-order valence-corrected chi connectivity index (χ4v) is 2.59. The first-order valence-electron chi connectivity index (χ1n) is 7.69. The van der Waals surface area contributed by atoms with Gasteiger partial charge in [-0.25, -0.2) is 4.98 Å². The maximum absolute atomic E-state index is 12.6. The van der Waals surface area contributed by atoms with E-state index in [4.69, 9.17) is 10.2 Å². The molecular weight excluding hydrogens is 318 g/mol. The largest absolute Gasteiger partial charge is 0.463 e. The average molecular weight is 335 g/mol. The number of carbonyl (C=O) groups excluding carboxylic acids is 2. The van der Waals surface area contributed by atoms with E-state index in [0.29, 0.717) is 39.5 Å². The highest BCUT2D eigenvalue weighted by molar-refractivity contribution is 6.06. The van der Waals surface area contributed by atoms with Gasteiger partial charge in [-0.2, -0.15) is 0 Å². The Hall–Kier alpha value is -3.41. The van der Waals surface area contributed by atoms with Gasteiger partial charge in [0.25, 0.3) is 5.91 Å². The number of hydrogen-bond donors (Lipinski definition) is 2. The molecule has 25 heavy (non-hydrogen) atoms. The number of anilines is 1. The molecule has 0 radical (unpaired) electrons. The first kappa shape index (κ1) is 16.4. The highest BCUT2D eigenvalue weighted by Crippen LogP contribution is 2.22. The molecule has 0 saturated carbocycles. The molecule has 2 heterocycles. The summed E-state index contributed by atoms with van der Waals surface area (Å²) in [6, 6.07) is 12.0. The molecule has 2 amide bonds. The summed E-state index contributed by atoms with van der Waals surface area (Å²) in [5.74, 6) is -0.199. The van der Waals surface area contributed by atoms with Crippen molar-refractivity contribution in [3.05, 3.63) is 71.1 Å². The van der Waals surface area contributed by atoms with Crippen LogP contribution < -0.4 is 11.1 Å². The lowest BCUT2D eigenvalue weighted by atomic mass is 10.1. The van der Waals surface area contributed by atoms with Crippen molar-refractivity contribution in [2.24, 2.45) is 5.73 Å². The van der Waals surface area contributed by atoms with Gasteiger partial charge in [-0.05, 0) is 55.8 Å². The van der Waals surface area contributed by atoms with E-state index in [1.165, 1.54) is 0 Å². The molecule has 0 atom stereocenters. The number of aromatic nitrogens is 1. The molecule has 0 unspecified atom stereocenters. The van der Waals surface area contributed by atoms with Gasteiger partial charge in [0.05, 0.1) is 17.5 Å². The van der Waals surface area contributed by atoms with Gasteiger partial charge in [-0.15, -0.1) is 0 Å². The van der Waals surface area contributed by atoms with Gasteiger partial charge in [0.15, 0.2) is 5.76 Å². The van der Waals surface area contributed by atoms with Gasteiger partial charge in [0.1, 0.15) is 5.69 Å². The Labute approximate surface area is 144 Å². The van der Waals surface area contributed by atoms with E-state index < -0.39 is 5.91 Å². The topological polar surface area (TPSA) is 98.2 Å². The predicted octanol–water partition coefficient (Wildman–Crippen LogP) is 3.31. The maximum atomic E-state index is 12.6. The number of benzene rings is 1. The van der Waals surface area contributed by atoms with Crippen molar-refractivity contribution < 1.29 is 14.0 Å². The Bertz CT molecular complexity index is 947. The Kier molecular flexibility index (Phi) is 4.35. The molecule has 0 saturated heterocycles. The minimum atomic E-state index is -0.533. The average Bonchev–Trinajstić information content (AvgIpc) is 3.10. The molecule has 0 aliphatic carbocycles. The summed E-state index contributed by atoms with van der Waals surface area (Å²) in [5, 5.41) is 2.81. The number of amides is 2. The van der Waals surface area contributed by atoms with Gasteiger partial charge >= 0.3 is 0 Å². The molecule has 126 valence electrons. The Morgan fingerprint density at radius 2 is 1.84 bits per heavy atom. The van der Waals surface area contributed by atoms with Crippen molar-refractivity contribution in [3.63, 3.8) is 0 Å². The fraction of sp³-hybridized carbons (Fsp3) is 0.105. The third-order valence-corrected chi connectivity index (χ3v) is 3.95. The molecule has 0 aliphatic heterocycles. The molecule has 3 rings (SSSR count). The van der Waals surface area contributed by atoms with Crippen LogP contribution in [0.5, 0.6) is 0 Å². The lowest BCUT2D eigenvalue weighted by Crippen LogP contribution is -2.17. The summed E-state index contributed by atoms with van der Waals surface area (Å²) in [4.78, 5) is 28.4. The second kappa shape index (κ2) is 6.60. The number of primary amides is 1. The molecule has 0 aliphatic rings. The predicted molar refractivity (Wildman–Crippen MR) is 94.3 cm³/mol. The molecule has 0 spiro atoms. The van der Waals surface area contributed by atoms with E-state index in [1.54, 1.807) is 62.6 Å². The Morgan fingerprint density at radius 3 is 2.48 bits per heavy atom. The van der Waals surface area contributed by atoms with Crippen molar-refractivity contribution in [3.8, 4) is 11.5 Å². The number of pyridine rings is 1.